The topological polar surface area (TPSA) is 69.7 Å². The van der Waals surface area contributed by atoms with Crippen molar-refractivity contribution >= 4 is 44.6 Å². The van der Waals surface area contributed by atoms with Gasteiger partial charge in [-0.1, -0.05) is 17.7 Å². The van der Waals surface area contributed by atoms with E-state index in [1.165, 1.54) is 32.3 Å². The Balaban J connectivity index is 2.07. The second kappa shape index (κ2) is 8.29. The van der Waals surface area contributed by atoms with Gasteiger partial charge in [0.1, 0.15) is 0 Å². The third kappa shape index (κ3) is 5.26. The summed E-state index contributed by atoms with van der Waals surface area (Å²) < 4.78 is 25.5. The Kier molecular flexibility index (Phi) is 6.59. The molecule has 1 N–H and O–H groups in total. The molecule has 0 aliphatic heterocycles. The Morgan fingerprint density at radius 1 is 1.24 bits per heavy atom. The molecule has 6 nitrogen and oxygen atoms in total. The van der Waals surface area contributed by atoms with E-state index in [1.54, 1.807) is 11.3 Å². The van der Waals surface area contributed by atoms with E-state index >= 15 is 0 Å². The average molecular weight is 402 g/mol. The number of amides is 1. The summed E-state index contributed by atoms with van der Waals surface area (Å²) in [6.07, 6.45) is 0. The van der Waals surface area contributed by atoms with Crippen LogP contribution in [-0.4, -0.2) is 51.2 Å². The number of nitrogens with one attached hydrogen (secondary N) is 1. The van der Waals surface area contributed by atoms with Crippen LogP contribution in [0.3, 0.4) is 0 Å². The minimum Gasteiger partial charge on any atom is -0.324 e. The van der Waals surface area contributed by atoms with E-state index in [0.29, 0.717) is 6.54 Å². The molecule has 1 heterocycles. The summed E-state index contributed by atoms with van der Waals surface area (Å²) in [7, 11) is 1.14. The molecule has 0 aliphatic carbocycles. The minimum absolute atomic E-state index is 0.0733. The molecule has 0 atom stereocenters. The van der Waals surface area contributed by atoms with Gasteiger partial charge in [-0.25, -0.2) is 12.7 Å². The van der Waals surface area contributed by atoms with E-state index in [-0.39, 0.29) is 28.1 Å². The molecule has 0 unspecified atom stereocenters. The Morgan fingerprint density at radius 2 is 1.96 bits per heavy atom. The van der Waals surface area contributed by atoms with Crippen LogP contribution in [0.25, 0.3) is 0 Å². The summed E-state index contributed by atoms with van der Waals surface area (Å²) in [5, 5.41) is 4.95. The SMILES string of the molecule is CN(CC(=O)Nc1cc(S(=O)(=O)N(C)C)ccc1Cl)Cc1cccs1. The maximum Gasteiger partial charge on any atom is 0.242 e. The zero-order valence-corrected chi connectivity index (χ0v) is 16.6. The fourth-order valence-electron chi connectivity index (χ4n) is 2.13. The van der Waals surface area contributed by atoms with Gasteiger partial charge in [-0.15, -0.1) is 11.3 Å². The molecule has 0 radical (unpaired) electrons. The van der Waals surface area contributed by atoms with Crippen LogP contribution in [0.1, 0.15) is 4.88 Å². The number of hydrogen-bond donors (Lipinski definition) is 1. The number of rotatable bonds is 7. The van der Waals surface area contributed by atoms with Crippen molar-refractivity contribution in [3.63, 3.8) is 0 Å². The molecule has 2 aromatic rings. The number of halogens is 1. The quantitative estimate of drug-likeness (QED) is 0.774. The maximum absolute atomic E-state index is 12.2. The van der Waals surface area contributed by atoms with Gasteiger partial charge in [-0.05, 0) is 36.7 Å². The van der Waals surface area contributed by atoms with Gasteiger partial charge in [-0.2, -0.15) is 0 Å². The van der Waals surface area contributed by atoms with Crippen molar-refractivity contribution in [1.29, 1.82) is 0 Å². The Bertz CT molecular complexity index is 836. The van der Waals surface area contributed by atoms with Crippen LogP contribution in [0.4, 0.5) is 5.69 Å². The maximum atomic E-state index is 12.2. The number of thiophene rings is 1. The Morgan fingerprint density at radius 3 is 2.56 bits per heavy atom. The van der Waals surface area contributed by atoms with Crippen LogP contribution in [0.2, 0.25) is 5.02 Å². The van der Waals surface area contributed by atoms with Gasteiger partial charge < -0.3 is 5.32 Å². The monoisotopic (exact) mass is 401 g/mol. The molecule has 25 heavy (non-hydrogen) atoms. The summed E-state index contributed by atoms with van der Waals surface area (Å²) in [6.45, 7) is 0.826. The summed E-state index contributed by atoms with van der Waals surface area (Å²) in [5.74, 6) is -0.264. The minimum atomic E-state index is -3.59. The number of anilines is 1. The predicted molar refractivity (Wildman–Crippen MR) is 102 cm³/mol. The molecule has 0 saturated carbocycles. The standard InChI is InChI=1S/C16H20ClN3O3S2/c1-19(2)25(22,23)13-6-7-14(17)15(9-13)18-16(21)11-20(3)10-12-5-4-8-24-12/h4-9H,10-11H2,1-3H3,(H,18,21). The highest BCUT2D eigenvalue weighted by Gasteiger charge is 2.19. The van der Waals surface area contributed by atoms with Crippen molar-refractivity contribution in [2.45, 2.75) is 11.4 Å². The first-order valence-electron chi connectivity index (χ1n) is 7.43. The lowest BCUT2D eigenvalue weighted by atomic mass is 10.3. The van der Waals surface area contributed by atoms with Crippen LogP contribution in [0.15, 0.2) is 40.6 Å². The molecule has 9 heteroatoms. The van der Waals surface area contributed by atoms with E-state index in [2.05, 4.69) is 5.32 Å². The number of carbonyl (C=O) groups excluding carboxylic acids is 1. The van der Waals surface area contributed by atoms with Crippen molar-refractivity contribution in [2.24, 2.45) is 0 Å². The number of carbonyl (C=O) groups is 1. The molecule has 1 aromatic carbocycles. The Labute approximate surface area is 157 Å². The molecule has 0 fully saturated rings. The number of benzene rings is 1. The zero-order chi connectivity index (χ0) is 18.6. The third-order valence-corrected chi connectivity index (χ3v) is 6.41. The second-order valence-electron chi connectivity index (χ2n) is 5.73. The van der Waals surface area contributed by atoms with Crippen LogP contribution >= 0.6 is 22.9 Å². The lowest BCUT2D eigenvalue weighted by Gasteiger charge is -2.17. The van der Waals surface area contributed by atoms with Gasteiger partial charge >= 0.3 is 0 Å². The largest absolute Gasteiger partial charge is 0.324 e. The van der Waals surface area contributed by atoms with Crippen LogP contribution in [0, 0.1) is 0 Å². The average Bonchev–Trinajstić information content (AvgIpc) is 3.01. The first-order valence-corrected chi connectivity index (χ1v) is 10.1. The van der Waals surface area contributed by atoms with E-state index in [9.17, 15) is 13.2 Å². The summed E-state index contributed by atoms with van der Waals surface area (Å²) in [6, 6.07) is 8.21. The second-order valence-corrected chi connectivity index (χ2v) is 9.32. The lowest BCUT2D eigenvalue weighted by Crippen LogP contribution is -2.29. The molecule has 2 rings (SSSR count). The molecule has 0 spiro atoms. The summed E-state index contributed by atoms with van der Waals surface area (Å²) >= 11 is 7.71. The molecule has 136 valence electrons. The number of hydrogen-bond acceptors (Lipinski definition) is 5. The van der Waals surface area contributed by atoms with Gasteiger partial charge in [0.05, 0.1) is 22.2 Å². The molecular formula is C16H20ClN3O3S2. The highest BCUT2D eigenvalue weighted by molar-refractivity contribution is 7.89. The van der Waals surface area contributed by atoms with E-state index in [1.807, 2.05) is 29.5 Å². The van der Waals surface area contributed by atoms with E-state index in [0.717, 1.165) is 9.18 Å². The predicted octanol–water partition coefficient (Wildman–Crippen LogP) is 2.72. The van der Waals surface area contributed by atoms with Gasteiger partial charge in [0.2, 0.25) is 15.9 Å². The number of likely N-dealkylation sites (N-methyl/N-ethyl adjacent to an activating group) is 1. The van der Waals surface area contributed by atoms with E-state index < -0.39 is 10.0 Å². The van der Waals surface area contributed by atoms with Crippen molar-refractivity contribution in [1.82, 2.24) is 9.21 Å². The van der Waals surface area contributed by atoms with Gasteiger partial charge in [0, 0.05) is 25.5 Å². The highest BCUT2D eigenvalue weighted by Crippen LogP contribution is 2.26. The molecule has 1 aromatic heterocycles. The smallest absolute Gasteiger partial charge is 0.242 e. The molecule has 0 bridgehead atoms. The van der Waals surface area contributed by atoms with Crippen molar-refractivity contribution in [3.8, 4) is 0 Å². The number of sulfonamides is 1. The fourth-order valence-corrected chi connectivity index (χ4v) is 4.01. The molecule has 1 amide bonds. The first-order chi connectivity index (χ1) is 11.7. The first kappa shape index (κ1) is 19.9. The fraction of sp³-hybridized carbons (Fsp3) is 0.312. The zero-order valence-electron chi connectivity index (χ0n) is 14.2. The van der Waals surface area contributed by atoms with Crippen LogP contribution in [-0.2, 0) is 21.4 Å². The summed E-state index contributed by atoms with van der Waals surface area (Å²) in [5.41, 5.74) is 0.277. The van der Waals surface area contributed by atoms with Gasteiger partial charge in [0.15, 0.2) is 0 Å². The van der Waals surface area contributed by atoms with Gasteiger partial charge in [-0.3, -0.25) is 9.69 Å². The van der Waals surface area contributed by atoms with Crippen LogP contribution < -0.4 is 5.32 Å². The molecule has 0 saturated heterocycles. The summed E-state index contributed by atoms with van der Waals surface area (Å²) in [4.78, 5) is 15.3. The normalized spacial score (nSPS) is 11.9. The molecule has 0 aliphatic rings. The van der Waals surface area contributed by atoms with E-state index in [4.69, 9.17) is 11.6 Å². The number of nitrogens with zero attached hydrogens (tertiary/aromatic N) is 2. The highest BCUT2D eigenvalue weighted by atomic mass is 35.5. The van der Waals surface area contributed by atoms with Crippen LogP contribution in [0.5, 0.6) is 0 Å². The van der Waals surface area contributed by atoms with Gasteiger partial charge in [0.25, 0.3) is 0 Å². The van der Waals surface area contributed by atoms with Crippen molar-refractivity contribution in [3.05, 3.63) is 45.6 Å². The molecular weight excluding hydrogens is 382 g/mol. The van der Waals surface area contributed by atoms with Crippen molar-refractivity contribution in [2.75, 3.05) is 33.0 Å². The Hall–Kier alpha value is -1.45. The van der Waals surface area contributed by atoms with Crippen molar-refractivity contribution < 1.29 is 13.2 Å². The lowest BCUT2D eigenvalue weighted by molar-refractivity contribution is -0.117. The third-order valence-electron chi connectivity index (χ3n) is 3.41.